The molecule has 0 aliphatic carbocycles. The lowest BCUT2D eigenvalue weighted by Gasteiger charge is -2.32. The molecule has 0 saturated heterocycles. The Morgan fingerprint density at radius 2 is 1.87 bits per heavy atom. The van der Waals surface area contributed by atoms with Gasteiger partial charge in [-0.3, -0.25) is 0 Å². The maximum absolute atomic E-state index is 6.15. The van der Waals surface area contributed by atoms with E-state index >= 15 is 0 Å². The summed E-state index contributed by atoms with van der Waals surface area (Å²) in [6.45, 7) is 4.01. The van der Waals surface area contributed by atoms with Crippen LogP contribution >= 0.6 is 0 Å². The third-order valence-electron chi connectivity index (χ3n) is 4.59. The molecule has 0 saturated carbocycles. The molecule has 0 atom stereocenters. The van der Waals surface area contributed by atoms with E-state index < -0.39 is 0 Å². The summed E-state index contributed by atoms with van der Waals surface area (Å²) in [6.07, 6.45) is 2.19. The molecule has 122 valence electrons. The number of benzene rings is 2. The molecule has 0 amide bonds. The molecular weight excluding hydrogens is 288 g/mol. The van der Waals surface area contributed by atoms with Crippen molar-refractivity contribution in [1.82, 2.24) is 0 Å². The fourth-order valence-corrected chi connectivity index (χ4v) is 3.29. The highest BCUT2D eigenvalue weighted by molar-refractivity contribution is 5.66. The van der Waals surface area contributed by atoms with Gasteiger partial charge in [0, 0.05) is 24.5 Å². The van der Waals surface area contributed by atoms with E-state index in [9.17, 15) is 0 Å². The Morgan fingerprint density at radius 1 is 1.13 bits per heavy atom. The number of aryl methyl sites for hydroxylation is 1. The van der Waals surface area contributed by atoms with E-state index in [0.717, 1.165) is 43.1 Å². The summed E-state index contributed by atoms with van der Waals surface area (Å²) in [7, 11) is 3.34. The SMILES string of the molecule is COc1cc(C)c(CN2CCCc3c(N)cccc32)cc1OC. The van der Waals surface area contributed by atoms with Gasteiger partial charge in [-0.15, -0.1) is 0 Å². The van der Waals surface area contributed by atoms with Gasteiger partial charge in [0.05, 0.1) is 14.2 Å². The van der Waals surface area contributed by atoms with Crippen LogP contribution in [0.5, 0.6) is 11.5 Å². The molecule has 3 rings (SSSR count). The Labute approximate surface area is 137 Å². The molecule has 2 aromatic carbocycles. The molecule has 4 nitrogen and oxygen atoms in total. The number of hydrogen-bond acceptors (Lipinski definition) is 4. The first-order chi connectivity index (χ1) is 11.1. The van der Waals surface area contributed by atoms with Gasteiger partial charge in [-0.1, -0.05) is 6.07 Å². The molecule has 0 spiro atoms. The van der Waals surface area contributed by atoms with Crippen molar-refractivity contribution >= 4 is 11.4 Å². The molecule has 0 unspecified atom stereocenters. The van der Waals surface area contributed by atoms with Gasteiger partial charge in [0.1, 0.15) is 0 Å². The first-order valence-electron chi connectivity index (χ1n) is 7.98. The second-order valence-electron chi connectivity index (χ2n) is 6.00. The summed E-state index contributed by atoms with van der Waals surface area (Å²) in [4.78, 5) is 2.41. The molecule has 0 aromatic heterocycles. The molecule has 1 aliphatic heterocycles. The van der Waals surface area contributed by atoms with Crippen molar-refractivity contribution in [3.63, 3.8) is 0 Å². The minimum absolute atomic E-state index is 0.775. The zero-order valence-corrected chi connectivity index (χ0v) is 14.1. The number of nitrogens with zero attached hydrogens (tertiary/aromatic N) is 1. The van der Waals surface area contributed by atoms with Gasteiger partial charge < -0.3 is 20.1 Å². The zero-order chi connectivity index (χ0) is 16.4. The second kappa shape index (κ2) is 6.41. The quantitative estimate of drug-likeness (QED) is 0.877. The van der Waals surface area contributed by atoms with Gasteiger partial charge in [-0.05, 0) is 60.7 Å². The minimum Gasteiger partial charge on any atom is -0.493 e. The Bertz CT molecular complexity index is 713. The van der Waals surface area contributed by atoms with Crippen LogP contribution in [-0.2, 0) is 13.0 Å². The lowest BCUT2D eigenvalue weighted by molar-refractivity contribution is 0.354. The topological polar surface area (TPSA) is 47.7 Å². The standard InChI is InChI=1S/C19H24N2O2/c1-13-10-18(22-2)19(23-3)11-14(13)12-21-9-5-6-15-16(20)7-4-8-17(15)21/h4,7-8,10-11H,5-6,9,12,20H2,1-3H3. The smallest absolute Gasteiger partial charge is 0.161 e. The van der Waals surface area contributed by atoms with Crippen LogP contribution in [0.25, 0.3) is 0 Å². The number of hydrogen-bond donors (Lipinski definition) is 1. The summed E-state index contributed by atoms with van der Waals surface area (Å²) in [5.41, 5.74) is 12.0. The summed E-state index contributed by atoms with van der Waals surface area (Å²) in [5.74, 6) is 1.55. The second-order valence-corrected chi connectivity index (χ2v) is 6.00. The molecule has 4 heteroatoms. The Kier molecular flexibility index (Phi) is 4.33. The van der Waals surface area contributed by atoms with E-state index in [1.165, 1.54) is 22.4 Å². The fourth-order valence-electron chi connectivity index (χ4n) is 3.29. The van der Waals surface area contributed by atoms with Gasteiger partial charge >= 0.3 is 0 Å². The molecule has 1 heterocycles. The normalized spacial score (nSPS) is 13.6. The van der Waals surface area contributed by atoms with Crippen molar-refractivity contribution in [2.45, 2.75) is 26.3 Å². The van der Waals surface area contributed by atoms with E-state index in [4.69, 9.17) is 15.2 Å². The summed E-state index contributed by atoms with van der Waals surface area (Å²) < 4.78 is 10.8. The number of ether oxygens (including phenoxy) is 2. The molecule has 0 bridgehead atoms. The van der Waals surface area contributed by atoms with E-state index in [-0.39, 0.29) is 0 Å². The highest BCUT2D eigenvalue weighted by Gasteiger charge is 2.20. The van der Waals surface area contributed by atoms with E-state index in [0.29, 0.717) is 0 Å². The largest absolute Gasteiger partial charge is 0.493 e. The lowest BCUT2D eigenvalue weighted by Crippen LogP contribution is -2.29. The van der Waals surface area contributed by atoms with Crippen molar-refractivity contribution in [3.05, 3.63) is 47.0 Å². The highest BCUT2D eigenvalue weighted by atomic mass is 16.5. The monoisotopic (exact) mass is 312 g/mol. The Balaban J connectivity index is 1.93. The molecule has 2 N–H and O–H groups in total. The highest BCUT2D eigenvalue weighted by Crippen LogP contribution is 2.35. The van der Waals surface area contributed by atoms with Gasteiger partial charge in [-0.25, -0.2) is 0 Å². The van der Waals surface area contributed by atoms with Crippen molar-refractivity contribution in [3.8, 4) is 11.5 Å². The minimum atomic E-state index is 0.775. The number of rotatable bonds is 4. The Hall–Kier alpha value is -2.36. The van der Waals surface area contributed by atoms with Crippen molar-refractivity contribution in [1.29, 1.82) is 0 Å². The summed E-state index contributed by atoms with van der Waals surface area (Å²) in [5, 5.41) is 0. The first-order valence-corrected chi connectivity index (χ1v) is 7.98. The molecule has 2 aromatic rings. The lowest BCUT2D eigenvalue weighted by atomic mass is 9.98. The van der Waals surface area contributed by atoms with Crippen LogP contribution in [-0.4, -0.2) is 20.8 Å². The van der Waals surface area contributed by atoms with Crippen molar-refractivity contribution in [2.75, 3.05) is 31.4 Å². The van der Waals surface area contributed by atoms with Crippen LogP contribution in [0.4, 0.5) is 11.4 Å². The average molecular weight is 312 g/mol. The van der Waals surface area contributed by atoms with Gasteiger partial charge in [0.15, 0.2) is 11.5 Å². The number of fused-ring (bicyclic) bond motifs is 1. The average Bonchev–Trinajstić information content (AvgIpc) is 2.57. The summed E-state index contributed by atoms with van der Waals surface area (Å²) in [6, 6.07) is 10.3. The van der Waals surface area contributed by atoms with Crippen LogP contribution in [0.2, 0.25) is 0 Å². The van der Waals surface area contributed by atoms with Gasteiger partial charge in [0.2, 0.25) is 0 Å². The van der Waals surface area contributed by atoms with Crippen LogP contribution in [0, 0.1) is 6.92 Å². The fraction of sp³-hybridized carbons (Fsp3) is 0.368. The third-order valence-corrected chi connectivity index (χ3v) is 4.59. The maximum Gasteiger partial charge on any atom is 0.161 e. The van der Waals surface area contributed by atoms with E-state index in [1.54, 1.807) is 14.2 Å². The van der Waals surface area contributed by atoms with Crippen molar-refractivity contribution in [2.24, 2.45) is 0 Å². The molecule has 1 aliphatic rings. The molecule has 0 fully saturated rings. The van der Waals surface area contributed by atoms with Crippen LogP contribution in [0.3, 0.4) is 0 Å². The van der Waals surface area contributed by atoms with Gasteiger partial charge in [-0.2, -0.15) is 0 Å². The van der Waals surface area contributed by atoms with Gasteiger partial charge in [0.25, 0.3) is 0 Å². The predicted molar refractivity (Wildman–Crippen MR) is 94.5 cm³/mol. The summed E-state index contributed by atoms with van der Waals surface area (Å²) >= 11 is 0. The number of nitrogens with two attached hydrogens (primary N) is 1. The van der Waals surface area contributed by atoms with Crippen LogP contribution in [0.15, 0.2) is 30.3 Å². The van der Waals surface area contributed by atoms with Crippen LogP contribution < -0.4 is 20.1 Å². The maximum atomic E-state index is 6.15. The molecule has 0 radical (unpaired) electrons. The third kappa shape index (κ3) is 2.93. The van der Waals surface area contributed by atoms with Crippen molar-refractivity contribution < 1.29 is 9.47 Å². The number of anilines is 2. The predicted octanol–water partition coefficient (Wildman–Crippen LogP) is 3.55. The van der Waals surface area contributed by atoms with E-state index in [1.807, 2.05) is 18.2 Å². The zero-order valence-electron chi connectivity index (χ0n) is 14.1. The van der Waals surface area contributed by atoms with Crippen LogP contribution in [0.1, 0.15) is 23.1 Å². The number of methoxy groups -OCH3 is 2. The van der Waals surface area contributed by atoms with E-state index in [2.05, 4.69) is 24.0 Å². The Morgan fingerprint density at radius 3 is 2.61 bits per heavy atom. The molecular formula is C19H24N2O2. The number of nitrogen functional groups attached to an aromatic ring is 1. The first kappa shape index (κ1) is 15.5. The molecule has 23 heavy (non-hydrogen) atoms.